The zero-order valence-corrected chi connectivity index (χ0v) is 14.5. The molecular weight excluding hydrogens is 332 g/mol. The van der Waals surface area contributed by atoms with Crippen LogP contribution < -0.4 is 5.43 Å². The monoisotopic (exact) mass is 350 g/mol. The summed E-state index contributed by atoms with van der Waals surface area (Å²) in [5.41, 5.74) is 1.62. The van der Waals surface area contributed by atoms with Crippen LogP contribution in [0.4, 0.5) is 0 Å². The van der Waals surface area contributed by atoms with Crippen LogP contribution in [0.1, 0.15) is 20.9 Å². The number of benzene rings is 2. The Bertz CT molecular complexity index is 833. The third-order valence-corrected chi connectivity index (χ3v) is 4.77. The smallest absolute Gasteiger partial charge is 0.281 e. The molecule has 0 radical (unpaired) electrons. The van der Waals surface area contributed by atoms with Gasteiger partial charge in [-0.3, -0.25) is 4.79 Å². The van der Waals surface area contributed by atoms with E-state index in [9.17, 15) is 9.90 Å². The van der Waals surface area contributed by atoms with Crippen LogP contribution in [0, 0.1) is 6.92 Å². The van der Waals surface area contributed by atoms with Gasteiger partial charge in [0.2, 0.25) is 0 Å². The van der Waals surface area contributed by atoms with Crippen molar-refractivity contribution < 1.29 is 9.90 Å². The Morgan fingerprint density at radius 1 is 1.00 bits per heavy atom. The van der Waals surface area contributed by atoms with Crippen LogP contribution in [0.15, 0.2) is 77.9 Å². The Balaban J connectivity index is 1.89. The predicted molar refractivity (Wildman–Crippen MR) is 101 cm³/mol. The summed E-state index contributed by atoms with van der Waals surface area (Å²) in [7, 11) is 0. The Kier molecular flexibility index (Phi) is 5.07. The molecule has 0 aliphatic rings. The van der Waals surface area contributed by atoms with E-state index in [0.717, 1.165) is 9.75 Å². The van der Waals surface area contributed by atoms with Crippen LogP contribution in [0.3, 0.4) is 0 Å². The zero-order chi connectivity index (χ0) is 17.7. The highest BCUT2D eigenvalue weighted by molar-refractivity contribution is 7.13. The summed E-state index contributed by atoms with van der Waals surface area (Å²) in [6.45, 7) is 2.00. The lowest BCUT2D eigenvalue weighted by atomic mass is 9.85. The van der Waals surface area contributed by atoms with Crippen molar-refractivity contribution in [3.8, 4) is 0 Å². The van der Waals surface area contributed by atoms with Gasteiger partial charge in [0.1, 0.15) is 0 Å². The number of hydrogen-bond acceptors (Lipinski definition) is 4. The number of carbonyl (C=O) groups is 1. The van der Waals surface area contributed by atoms with Gasteiger partial charge in [-0.2, -0.15) is 5.10 Å². The molecule has 2 N–H and O–H groups in total. The van der Waals surface area contributed by atoms with Gasteiger partial charge in [0.05, 0.1) is 6.21 Å². The molecule has 1 heterocycles. The molecule has 0 aliphatic heterocycles. The largest absolute Gasteiger partial charge is 0.372 e. The molecular formula is C20H18N2O2S. The number of aryl methyl sites for hydroxylation is 1. The lowest BCUT2D eigenvalue weighted by Gasteiger charge is -2.26. The molecule has 0 aliphatic carbocycles. The maximum absolute atomic E-state index is 12.8. The topological polar surface area (TPSA) is 61.7 Å². The van der Waals surface area contributed by atoms with Gasteiger partial charge in [-0.25, -0.2) is 5.43 Å². The minimum absolute atomic E-state index is 0.487. The van der Waals surface area contributed by atoms with Gasteiger partial charge in [0.15, 0.2) is 5.60 Å². The van der Waals surface area contributed by atoms with Gasteiger partial charge in [-0.15, -0.1) is 11.3 Å². The molecule has 126 valence electrons. The van der Waals surface area contributed by atoms with E-state index in [4.69, 9.17) is 0 Å². The maximum atomic E-state index is 12.8. The van der Waals surface area contributed by atoms with Crippen LogP contribution in [0.5, 0.6) is 0 Å². The van der Waals surface area contributed by atoms with Gasteiger partial charge in [-0.1, -0.05) is 60.7 Å². The fraction of sp³-hybridized carbons (Fsp3) is 0.100. The number of carbonyl (C=O) groups excluding carboxylic acids is 1. The van der Waals surface area contributed by atoms with Gasteiger partial charge in [-0.05, 0) is 30.2 Å². The van der Waals surface area contributed by atoms with E-state index < -0.39 is 11.5 Å². The molecule has 1 amide bonds. The van der Waals surface area contributed by atoms with Crippen molar-refractivity contribution in [3.63, 3.8) is 0 Å². The SMILES string of the molecule is Cc1ccc(/C=N/NC(=O)C(O)(c2ccccc2)c2ccccc2)s1. The van der Waals surface area contributed by atoms with E-state index in [0.29, 0.717) is 11.1 Å². The third-order valence-electron chi connectivity index (χ3n) is 3.83. The Hall–Kier alpha value is -2.76. The average molecular weight is 350 g/mol. The average Bonchev–Trinajstić information content (AvgIpc) is 3.07. The molecule has 0 fully saturated rings. The first-order valence-corrected chi connectivity index (χ1v) is 8.66. The van der Waals surface area contributed by atoms with E-state index in [1.54, 1.807) is 66.1 Å². The van der Waals surface area contributed by atoms with Crippen molar-refractivity contribution in [2.75, 3.05) is 0 Å². The first-order chi connectivity index (χ1) is 12.1. The number of hydrogen-bond donors (Lipinski definition) is 2. The third kappa shape index (κ3) is 3.68. The van der Waals surface area contributed by atoms with Crippen LogP contribution >= 0.6 is 11.3 Å². The summed E-state index contributed by atoms with van der Waals surface area (Å²) in [5, 5.41) is 15.2. The van der Waals surface area contributed by atoms with E-state index in [1.165, 1.54) is 0 Å². The lowest BCUT2D eigenvalue weighted by Crippen LogP contribution is -2.43. The molecule has 0 atom stereocenters. The zero-order valence-electron chi connectivity index (χ0n) is 13.7. The predicted octanol–water partition coefficient (Wildman–Crippen LogP) is 3.44. The molecule has 0 bridgehead atoms. The number of nitrogens with zero attached hydrogens (tertiary/aromatic N) is 1. The van der Waals surface area contributed by atoms with Crippen molar-refractivity contribution in [3.05, 3.63) is 93.7 Å². The van der Waals surface area contributed by atoms with E-state index in [2.05, 4.69) is 10.5 Å². The molecule has 0 spiro atoms. The Labute approximate surface area is 150 Å². The normalized spacial score (nSPS) is 11.6. The first-order valence-electron chi connectivity index (χ1n) is 7.84. The molecule has 3 aromatic rings. The summed E-state index contributed by atoms with van der Waals surface area (Å²) >= 11 is 1.58. The Morgan fingerprint density at radius 2 is 1.56 bits per heavy atom. The molecule has 3 rings (SSSR count). The highest BCUT2D eigenvalue weighted by atomic mass is 32.1. The number of amides is 1. The van der Waals surface area contributed by atoms with Crippen molar-refractivity contribution in [1.29, 1.82) is 0 Å². The number of thiophene rings is 1. The lowest BCUT2D eigenvalue weighted by molar-refractivity contribution is -0.136. The van der Waals surface area contributed by atoms with Gasteiger partial charge in [0.25, 0.3) is 5.91 Å². The molecule has 0 saturated carbocycles. The van der Waals surface area contributed by atoms with E-state index in [-0.39, 0.29) is 0 Å². The first kappa shape index (κ1) is 17.1. The quantitative estimate of drug-likeness (QED) is 0.547. The maximum Gasteiger partial charge on any atom is 0.281 e. The minimum atomic E-state index is -1.81. The number of nitrogens with one attached hydrogen (secondary N) is 1. The number of rotatable bonds is 5. The minimum Gasteiger partial charge on any atom is -0.372 e. The van der Waals surface area contributed by atoms with Gasteiger partial charge < -0.3 is 5.11 Å². The molecule has 0 saturated heterocycles. The van der Waals surface area contributed by atoms with Crippen LogP contribution in [-0.2, 0) is 10.4 Å². The summed E-state index contributed by atoms with van der Waals surface area (Å²) in [4.78, 5) is 14.9. The van der Waals surface area contributed by atoms with E-state index in [1.807, 2.05) is 31.2 Å². The summed E-state index contributed by atoms with van der Waals surface area (Å²) < 4.78 is 0. The second-order valence-electron chi connectivity index (χ2n) is 5.59. The second-order valence-corrected chi connectivity index (χ2v) is 6.91. The molecule has 4 nitrogen and oxygen atoms in total. The summed E-state index contributed by atoms with van der Waals surface area (Å²) in [6, 6.07) is 21.6. The van der Waals surface area contributed by atoms with Crippen LogP contribution in [-0.4, -0.2) is 17.2 Å². The number of hydrazone groups is 1. The fourth-order valence-corrected chi connectivity index (χ4v) is 3.30. The van der Waals surface area contributed by atoms with Crippen molar-refractivity contribution in [1.82, 2.24) is 5.43 Å². The highest BCUT2D eigenvalue weighted by Gasteiger charge is 2.39. The molecule has 2 aromatic carbocycles. The highest BCUT2D eigenvalue weighted by Crippen LogP contribution is 2.29. The van der Waals surface area contributed by atoms with Gasteiger partial charge in [0, 0.05) is 9.75 Å². The standard InChI is InChI=1S/C20H18N2O2S/c1-15-12-13-18(25-15)14-21-22-19(23)20(24,16-8-4-2-5-9-16)17-10-6-3-7-11-17/h2-14,24H,1H3,(H,22,23)/b21-14+. The number of aliphatic hydroxyl groups is 1. The summed E-state index contributed by atoms with van der Waals surface area (Å²) in [6.07, 6.45) is 1.58. The fourth-order valence-electron chi connectivity index (χ4n) is 2.55. The summed E-state index contributed by atoms with van der Waals surface area (Å²) in [5.74, 6) is -0.602. The molecule has 5 heteroatoms. The van der Waals surface area contributed by atoms with Crippen LogP contribution in [0.25, 0.3) is 0 Å². The molecule has 0 unspecified atom stereocenters. The van der Waals surface area contributed by atoms with Crippen molar-refractivity contribution >= 4 is 23.5 Å². The molecule has 1 aromatic heterocycles. The van der Waals surface area contributed by atoms with Gasteiger partial charge >= 0.3 is 0 Å². The second kappa shape index (κ2) is 7.42. The van der Waals surface area contributed by atoms with Crippen molar-refractivity contribution in [2.45, 2.75) is 12.5 Å². The van der Waals surface area contributed by atoms with E-state index >= 15 is 0 Å². The van der Waals surface area contributed by atoms with Crippen molar-refractivity contribution in [2.24, 2.45) is 5.10 Å². The Morgan fingerprint density at radius 3 is 2.04 bits per heavy atom. The van der Waals surface area contributed by atoms with Crippen LogP contribution in [0.2, 0.25) is 0 Å². The molecule has 25 heavy (non-hydrogen) atoms.